The molecule has 0 aromatic heterocycles. The van der Waals surface area contributed by atoms with E-state index in [1.807, 2.05) is 6.07 Å². The summed E-state index contributed by atoms with van der Waals surface area (Å²) in [5.74, 6) is 0.288. The molecule has 4 nitrogen and oxygen atoms in total. The number of aryl methyl sites for hydroxylation is 1. The van der Waals surface area contributed by atoms with Crippen LogP contribution < -0.4 is 4.74 Å². The van der Waals surface area contributed by atoms with Crippen LogP contribution in [0, 0.1) is 0 Å². The maximum absolute atomic E-state index is 10.1. The summed E-state index contributed by atoms with van der Waals surface area (Å²) in [5, 5.41) is 29.1. The molecule has 0 heterocycles. The molecule has 4 heteroatoms. The predicted molar refractivity (Wildman–Crippen MR) is 90.4 cm³/mol. The maximum atomic E-state index is 10.1. The maximum Gasteiger partial charge on any atom is 0.169 e. The SMILES string of the molecule is CCCCCCCc1ccc(Oc2ccc(O)cc2O)c(O)c1. The van der Waals surface area contributed by atoms with Crippen LogP contribution in [0.1, 0.15) is 44.6 Å². The minimum Gasteiger partial charge on any atom is -0.508 e. The summed E-state index contributed by atoms with van der Waals surface area (Å²) in [5.41, 5.74) is 1.07. The van der Waals surface area contributed by atoms with Gasteiger partial charge in [-0.3, -0.25) is 0 Å². The lowest BCUT2D eigenvalue weighted by Gasteiger charge is -2.10. The lowest BCUT2D eigenvalue weighted by molar-refractivity contribution is 0.381. The molecule has 0 atom stereocenters. The van der Waals surface area contributed by atoms with Gasteiger partial charge in [0.1, 0.15) is 5.75 Å². The Balaban J connectivity index is 1.96. The molecule has 0 aliphatic heterocycles. The Kier molecular flexibility index (Phi) is 6.15. The fourth-order valence-electron chi connectivity index (χ4n) is 2.45. The van der Waals surface area contributed by atoms with Gasteiger partial charge >= 0.3 is 0 Å². The van der Waals surface area contributed by atoms with Gasteiger partial charge in [0.05, 0.1) is 0 Å². The molecule has 124 valence electrons. The Morgan fingerprint density at radius 2 is 1.43 bits per heavy atom. The number of hydrogen-bond acceptors (Lipinski definition) is 4. The van der Waals surface area contributed by atoms with Gasteiger partial charge < -0.3 is 20.1 Å². The van der Waals surface area contributed by atoms with Crippen molar-refractivity contribution >= 4 is 0 Å². The van der Waals surface area contributed by atoms with Gasteiger partial charge in [-0.2, -0.15) is 0 Å². The van der Waals surface area contributed by atoms with E-state index in [1.165, 1.54) is 43.9 Å². The van der Waals surface area contributed by atoms with Crippen molar-refractivity contribution in [2.45, 2.75) is 45.4 Å². The van der Waals surface area contributed by atoms with Gasteiger partial charge in [0.2, 0.25) is 0 Å². The summed E-state index contributed by atoms with van der Waals surface area (Å²) >= 11 is 0. The highest BCUT2D eigenvalue weighted by Crippen LogP contribution is 2.37. The molecule has 3 N–H and O–H groups in total. The van der Waals surface area contributed by atoms with Crippen LogP contribution in [0.4, 0.5) is 0 Å². The van der Waals surface area contributed by atoms with Crippen LogP contribution in [0.15, 0.2) is 36.4 Å². The summed E-state index contributed by atoms with van der Waals surface area (Å²) in [6, 6.07) is 9.38. The lowest BCUT2D eigenvalue weighted by Crippen LogP contribution is -1.89. The van der Waals surface area contributed by atoms with Crippen molar-refractivity contribution in [3.63, 3.8) is 0 Å². The van der Waals surface area contributed by atoms with Crippen molar-refractivity contribution in [2.75, 3.05) is 0 Å². The zero-order valence-electron chi connectivity index (χ0n) is 13.5. The van der Waals surface area contributed by atoms with Crippen LogP contribution in [0.2, 0.25) is 0 Å². The van der Waals surface area contributed by atoms with Crippen LogP contribution >= 0.6 is 0 Å². The molecular weight excluding hydrogens is 292 g/mol. The van der Waals surface area contributed by atoms with E-state index in [2.05, 4.69) is 6.92 Å². The molecule has 2 aromatic rings. The highest BCUT2D eigenvalue weighted by Gasteiger charge is 2.09. The molecule has 0 aliphatic rings. The molecule has 0 saturated heterocycles. The van der Waals surface area contributed by atoms with E-state index in [-0.39, 0.29) is 28.7 Å². The molecule has 0 fully saturated rings. The molecule has 23 heavy (non-hydrogen) atoms. The van der Waals surface area contributed by atoms with Gasteiger partial charge in [-0.05, 0) is 42.7 Å². The Hall–Kier alpha value is -2.36. The highest BCUT2D eigenvalue weighted by atomic mass is 16.5. The van der Waals surface area contributed by atoms with Gasteiger partial charge in [-0.25, -0.2) is 0 Å². The van der Waals surface area contributed by atoms with E-state index in [0.717, 1.165) is 18.4 Å². The first kappa shape index (κ1) is 17.0. The van der Waals surface area contributed by atoms with Crippen LogP contribution in [-0.4, -0.2) is 15.3 Å². The average Bonchev–Trinajstić information content (AvgIpc) is 2.52. The minimum absolute atomic E-state index is 0.0440. The molecule has 0 saturated carbocycles. The van der Waals surface area contributed by atoms with Gasteiger partial charge in [-0.1, -0.05) is 38.7 Å². The average molecular weight is 316 g/mol. The van der Waals surface area contributed by atoms with Crippen molar-refractivity contribution in [1.29, 1.82) is 0 Å². The number of benzene rings is 2. The number of phenolic OH excluding ortho intramolecular Hbond substituents is 3. The number of unbranched alkanes of at least 4 members (excludes halogenated alkanes) is 4. The van der Waals surface area contributed by atoms with Gasteiger partial charge in [0, 0.05) is 6.07 Å². The monoisotopic (exact) mass is 316 g/mol. The van der Waals surface area contributed by atoms with Crippen LogP contribution in [0.25, 0.3) is 0 Å². The third-order valence-corrected chi connectivity index (χ3v) is 3.75. The predicted octanol–water partition coefficient (Wildman–Crippen LogP) is 5.11. The number of rotatable bonds is 8. The standard InChI is InChI=1S/C19H24O4/c1-2-3-4-5-6-7-14-8-10-18(16(21)12-14)23-19-11-9-15(20)13-17(19)22/h8-13,20-22H,2-7H2,1H3. The molecular formula is C19H24O4. The van der Waals surface area contributed by atoms with E-state index in [1.54, 1.807) is 12.1 Å². The molecule has 0 amide bonds. The van der Waals surface area contributed by atoms with Crippen molar-refractivity contribution in [2.24, 2.45) is 0 Å². The summed E-state index contributed by atoms with van der Waals surface area (Å²) in [6.45, 7) is 2.20. The fourth-order valence-corrected chi connectivity index (χ4v) is 2.45. The lowest BCUT2D eigenvalue weighted by atomic mass is 10.1. The molecule has 2 aromatic carbocycles. The Bertz CT molecular complexity index is 637. The Morgan fingerprint density at radius 1 is 0.783 bits per heavy atom. The smallest absolute Gasteiger partial charge is 0.169 e. The zero-order valence-corrected chi connectivity index (χ0v) is 13.5. The summed E-state index contributed by atoms with van der Waals surface area (Å²) < 4.78 is 5.50. The van der Waals surface area contributed by atoms with E-state index < -0.39 is 0 Å². The second kappa shape index (κ2) is 8.32. The van der Waals surface area contributed by atoms with Crippen LogP contribution in [-0.2, 0) is 6.42 Å². The van der Waals surface area contributed by atoms with E-state index in [0.29, 0.717) is 0 Å². The second-order valence-electron chi connectivity index (χ2n) is 5.72. The summed E-state index contributed by atoms with van der Waals surface area (Å²) in [6.07, 6.45) is 7.00. The second-order valence-corrected chi connectivity index (χ2v) is 5.72. The highest BCUT2D eigenvalue weighted by molar-refractivity contribution is 5.49. The quantitative estimate of drug-likeness (QED) is 0.592. The van der Waals surface area contributed by atoms with Crippen molar-refractivity contribution in [3.8, 4) is 28.7 Å². The van der Waals surface area contributed by atoms with Crippen molar-refractivity contribution in [1.82, 2.24) is 0 Å². The first-order valence-electron chi connectivity index (χ1n) is 8.12. The van der Waals surface area contributed by atoms with Crippen molar-refractivity contribution in [3.05, 3.63) is 42.0 Å². The third kappa shape index (κ3) is 5.09. The Labute approximate surface area is 137 Å². The third-order valence-electron chi connectivity index (χ3n) is 3.75. The fraction of sp³-hybridized carbons (Fsp3) is 0.368. The molecule has 0 spiro atoms. The van der Waals surface area contributed by atoms with E-state index in [4.69, 9.17) is 4.74 Å². The van der Waals surface area contributed by atoms with Gasteiger partial charge in [0.15, 0.2) is 23.0 Å². The number of aromatic hydroxyl groups is 3. The molecule has 0 aliphatic carbocycles. The van der Waals surface area contributed by atoms with E-state index >= 15 is 0 Å². The normalized spacial score (nSPS) is 10.7. The van der Waals surface area contributed by atoms with Crippen LogP contribution in [0.3, 0.4) is 0 Å². The minimum atomic E-state index is -0.176. The summed E-state index contributed by atoms with van der Waals surface area (Å²) in [4.78, 5) is 0. The zero-order chi connectivity index (χ0) is 16.7. The summed E-state index contributed by atoms with van der Waals surface area (Å²) in [7, 11) is 0. The largest absolute Gasteiger partial charge is 0.508 e. The topological polar surface area (TPSA) is 69.9 Å². The van der Waals surface area contributed by atoms with Gasteiger partial charge in [-0.15, -0.1) is 0 Å². The number of hydrogen-bond donors (Lipinski definition) is 3. The van der Waals surface area contributed by atoms with Gasteiger partial charge in [0.25, 0.3) is 0 Å². The first-order chi connectivity index (χ1) is 11.1. The number of ether oxygens (including phenoxy) is 1. The Morgan fingerprint density at radius 3 is 2.09 bits per heavy atom. The molecule has 0 bridgehead atoms. The molecule has 0 unspecified atom stereocenters. The van der Waals surface area contributed by atoms with Crippen LogP contribution in [0.5, 0.6) is 28.7 Å². The number of phenols is 3. The van der Waals surface area contributed by atoms with Crippen molar-refractivity contribution < 1.29 is 20.1 Å². The van der Waals surface area contributed by atoms with E-state index in [9.17, 15) is 15.3 Å². The first-order valence-corrected chi connectivity index (χ1v) is 8.12. The molecule has 0 radical (unpaired) electrons. The molecule has 2 rings (SSSR count).